The van der Waals surface area contributed by atoms with Crippen molar-refractivity contribution in [2.45, 2.75) is 0 Å². The van der Waals surface area contributed by atoms with Gasteiger partial charge in [-0.2, -0.15) is 0 Å². The molecule has 0 spiro atoms. The van der Waals surface area contributed by atoms with Gasteiger partial charge in [0, 0.05) is 12.1 Å². The number of aliphatic hydroxyl groups excluding tert-OH is 1. The lowest BCUT2D eigenvalue weighted by atomic mass is 10.1. The fourth-order valence-corrected chi connectivity index (χ4v) is 1.92. The van der Waals surface area contributed by atoms with Gasteiger partial charge in [0.25, 0.3) is 11.8 Å². The zero-order valence-electron chi connectivity index (χ0n) is 12.5. The van der Waals surface area contributed by atoms with Gasteiger partial charge in [0.05, 0.1) is 6.61 Å². The Hall–Kier alpha value is -2.92. The highest BCUT2D eigenvalue weighted by atomic mass is 16.3. The van der Waals surface area contributed by atoms with Crippen molar-refractivity contribution in [2.24, 2.45) is 0 Å². The van der Waals surface area contributed by atoms with Crippen LogP contribution in [0.4, 0.5) is 0 Å². The number of hydrogen-bond donors (Lipinski definition) is 3. The Morgan fingerprint density at radius 2 is 1.57 bits per heavy atom. The minimum absolute atomic E-state index is 0.117. The predicted molar refractivity (Wildman–Crippen MR) is 88.4 cm³/mol. The second-order valence-electron chi connectivity index (χ2n) is 4.77. The fraction of sp³-hybridized carbons (Fsp3) is 0.111. The quantitative estimate of drug-likeness (QED) is 0.709. The maximum Gasteiger partial charge on any atom is 0.267 e. The summed E-state index contributed by atoms with van der Waals surface area (Å²) in [6, 6.07) is 17.9. The molecule has 0 aliphatic carbocycles. The first-order valence-electron chi connectivity index (χ1n) is 7.23. The standard InChI is InChI=1S/C18H18N2O3/c21-12-11-19-18(23)16(13-14-7-3-1-4-8-14)20-17(22)15-9-5-2-6-10-15/h1-10,13,21H,11-12H2,(H,19,23)(H,20,22)/b16-13+. The van der Waals surface area contributed by atoms with Gasteiger partial charge in [-0.1, -0.05) is 48.5 Å². The Morgan fingerprint density at radius 1 is 0.957 bits per heavy atom. The Bertz CT molecular complexity index is 682. The Balaban J connectivity index is 2.21. The lowest BCUT2D eigenvalue weighted by Gasteiger charge is -2.10. The number of hydrogen-bond acceptors (Lipinski definition) is 3. The van der Waals surface area contributed by atoms with Crippen molar-refractivity contribution in [3.8, 4) is 0 Å². The monoisotopic (exact) mass is 310 g/mol. The molecule has 23 heavy (non-hydrogen) atoms. The molecule has 0 saturated heterocycles. The maximum absolute atomic E-state index is 12.2. The normalized spacial score (nSPS) is 10.9. The molecule has 2 aromatic rings. The van der Waals surface area contributed by atoms with Crippen molar-refractivity contribution in [3.05, 3.63) is 77.5 Å². The van der Waals surface area contributed by atoms with Crippen LogP contribution >= 0.6 is 0 Å². The van der Waals surface area contributed by atoms with Crippen LogP contribution in [0.2, 0.25) is 0 Å². The average Bonchev–Trinajstić information content (AvgIpc) is 2.60. The first-order chi connectivity index (χ1) is 11.2. The van der Waals surface area contributed by atoms with Gasteiger partial charge in [0.1, 0.15) is 5.70 Å². The summed E-state index contributed by atoms with van der Waals surface area (Å²) in [5, 5.41) is 14.0. The fourth-order valence-electron chi connectivity index (χ4n) is 1.92. The van der Waals surface area contributed by atoms with E-state index in [0.29, 0.717) is 5.56 Å². The van der Waals surface area contributed by atoms with Crippen LogP contribution in [-0.2, 0) is 4.79 Å². The molecule has 0 fully saturated rings. The van der Waals surface area contributed by atoms with Gasteiger partial charge in [-0.25, -0.2) is 0 Å². The average molecular weight is 310 g/mol. The highest BCUT2D eigenvalue weighted by molar-refractivity contribution is 6.05. The summed E-state index contributed by atoms with van der Waals surface area (Å²) in [6.07, 6.45) is 1.59. The highest BCUT2D eigenvalue weighted by Crippen LogP contribution is 2.07. The summed E-state index contributed by atoms with van der Waals surface area (Å²) in [5.74, 6) is -0.820. The number of nitrogens with one attached hydrogen (secondary N) is 2. The van der Waals surface area contributed by atoms with Crippen LogP contribution < -0.4 is 10.6 Å². The van der Waals surface area contributed by atoms with E-state index in [-0.39, 0.29) is 24.8 Å². The van der Waals surface area contributed by atoms with Crippen molar-refractivity contribution in [1.29, 1.82) is 0 Å². The van der Waals surface area contributed by atoms with Crippen LogP contribution in [0, 0.1) is 0 Å². The minimum atomic E-state index is -0.452. The number of carbonyl (C=O) groups is 2. The van der Waals surface area contributed by atoms with E-state index in [0.717, 1.165) is 5.56 Å². The topological polar surface area (TPSA) is 78.4 Å². The first-order valence-corrected chi connectivity index (χ1v) is 7.23. The molecule has 2 amide bonds. The van der Waals surface area contributed by atoms with E-state index >= 15 is 0 Å². The molecule has 0 bridgehead atoms. The van der Waals surface area contributed by atoms with Gasteiger partial charge in [-0.05, 0) is 23.8 Å². The summed E-state index contributed by atoms with van der Waals surface area (Å²) in [7, 11) is 0. The van der Waals surface area contributed by atoms with Gasteiger partial charge < -0.3 is 15.7 Å². The van der Waals surface area contributed by atoms with E-state index in [4.69, 9.17) is 5.11 Å². The van der Waals surface area contributed by atoms with Crippen molar-refractivity contribution >= 4 is 17.9 Å². The molecule has 118 valence electrons. The molecule has 0 aromatic heterocycles. The third kappa shape index (κ3) is 5.09. The molecule has 5 heteroatoms. The van der Waals surface area contributed by atoms with E-state index < -0.39 is 5.91 Å². The molecule has 0 aliphatic heterocycles. The molecular formula is C18H18N2O3. The summed E-state index contributed by atoms with van der Waals surface area (Å²) >= 11 is 0. The molecule has 0 heterocycles. The van der Waals surface area contributed by atoms with Gasteiger partial charge in [-0.3, -0.25) is 9.59 Å². The molecule has 0 radical (unpaired) electrons. The smallest absolute Gasteiger partial charge is 0.267 e. The molecular weight excluding hydrogens is 292 g/mol. The summed E-state index contributed by atoms with van der Waals surface area (Å²) in [6.45, 7) is -0.0524. The zero-order chi connectivity index (χ0) is 16.5. The largest absolute Gasteiger partial charge is 0.395 e. The van der Waals surface area contributed by atoms with Crippen LogP contribution in [0.1, 0.15) is 15.9 Å². The SMILES string of the molecule is O=C(NCCO)/C(=C\c1ccccc1)NC(=O)c1ccccc1. The number of amides is 2. The van der Waals surface area contributed by atoms with Crippen molar-refractivity contribution in [1.82, 2.24) is 10.6 Å². The van der Waals surface area contributed by atoms with Crippen molar-refractivity contribution < 1.29 is 14.7 Å². The first kappa shape index (κ1) is 16.5. The number of aliphatic hydroxyl groups is 1. The van der Waals surface area contributed by atoms with Crippen molar-refractivity contribution in [2.75, 3.05) is 13.2 Å². The van der Waals surface area contributed by atoms with Gasteiger partial charge in [0.15, 0.2) is 0 Å². The Morgan fingerprint density at radius 3 is 2.17 bits per heavy atom. The Kier molecular flexibility index (Phi) is 6.08. The van der Waals surface area contributed by atoms with Gasteiger partial charge in [0.2, 0.25) is 0 Å². The Labute approximate surface area is 134 Å². The van der Waals surface area contributed by atoms with E-state index in [1.807, 2.05) is 36.4 Å². The molecule has 2 aromatic carbocycles. The molecule has 0 unspecified atom stereocenters. The lowest BCUT2D eigenvalue weighted by molar-refractivity contribution is -0.117. The molecule has 0 saturated carbocycles. The van der Waals surface area contributed by atoms with Gasteiger partial charge >= 0.3 is 0 Å². The third-order valence-electron chi connectivity index (χ3n) is 3.04. The third-order valence-corrected chi connectivity index (χ3v) is 3.04. The van der Waals surface area contributed by atoms with E-state index in [1.54, 1.807) is 30.3 Å². The number of carbonyl (C=O) groups excluding carboxylic acids is 2. The summed E-state index contributed by atoms with van der Waals surface area (Å²) in [5.41, 5.74) is 1.37. The second kappa shape index (κ2) is 8.51. The molecule has 5 nitrogen and oxygen atoms in total. The maximum atomic E-state index is 12.2. The summed E-state index contributed by atoms with van der Waals surface area (Å²) < 4.78 is 0. The van der Waals surface area contributed by atoms with Crippen molar-refractivity contribution in [3.63, 3.8) is 0 Å². The highest BCUT2D eigenvalue weighted by Gasteiger charge is 2.13. The zero-order valence-corrected chi connectivity index (χ0v) is 12.5. The van der Waals surface area contributed by atoms with E-state index in [9.17, 15) is 9.59 Å². The molecule has 0 atom stereocenters. The van der Waals surface area contributed by atoms with Crippen LogP contribution in [0.15, 0.2) is 66.4 Å². The second-order valence-corrected chi connectivity index (χ2v) is 4.77. The van der Waals surface area contributed by atoms with Crippen LogP contribution in [0.25, 0.3) is 6.08 Å². The number of benzene rings is 2. The lowest BCUT2D eigenvalue weighted by Crippen LogP contribution is -2.36. The molecule has 0 aliphatic rings. The summed E-state index contributed by atoms with van der Waals surface area (Å²) in [4.78, 5) is 24.4. The molecule has 3 N–H and O–H groups in total. The van der Waals surface area contributed by atoms with Gasteiger partial charge in [-0.15, -0.1) is 0 Å². The minimum Gasteiger partial charge on any atom is -0.395 e. The van der Waals surface area contributed by atoms with Crippen LogP contribution in [0.3, 0.4) is 0 Å². The van der Waals surface area contributed by atoms with E-state index in [1.165, 1.54) is 0 Å². The number of rotatable bonds is 6. The molecule has 2 rings (SSSR count). The van der Waals surface area contributed by atoms with E-state index in [2.05, 4.69) is 10.6 Å². The predicted octanol–water partition coefficient (Wildman–Crippen LogP) is 1.57. The van der Waals surface area contributed by atoms with Crippen LogP contribution in [-0.4, -0.2) is 30.1 Å². The van der Waals surface area contributed by atoms with Crippen LogP contribution in [0.5, 0.6) is 0 Å².